The second-order valence-corrected chi connectivity index (χ2v) is 3.94. The molecule has 0 heterocycles. The summed E-state index contributed by atoms with van der Waals surface area (Å²) in [5.41, 5.74) is 8.29. The quantitative estimate of drug-likeness (QED) is 0.685. The van der Waals surface area contributed by atoms with Gasteiger partial charge in [-0.2, -0.15) is 5.26 Å². The zero-order valence-electron chi connectivity index (χ0n) is 8.16. The van der Waals surface area contributed by atoms with Gasteiger partial charge >= 0.3 is 0 Å². The number of hydrogen-bond acceptors (Lipinski definition) is 2. The van der Waals surface area contributed by atoms with Gasteiger partial charge in [0.15, 0.2) is 0 Å². The molecule has 0 atom stereocenters. The summed E-state index contributed by atoms with van der Waals surface area (Å²) in [5.74, 6) is 0.588. The Morgan fingerprint density at radius 3 is 2.64 bits per heavy atom. The largest absolute Gasteiger partial charge is 0.399 e. The summed E-state index contributed by atoms with van der Waals surface area (Å²) in [4.78, 5) is 0. The van der Waals surface area contributed by atoms with Crippen molar-refractivity contribution in [1.29, 1.82) is 5.26 Å². The molecule has 72 valence electrons. The SMILES string of the molecule is N#Cc1cc(N)ccc1C1CCCC1. The van der Waals surface area contributed by atoms with Gasteiger partial charge in [-0.15, -0.1) is 0 Å². The second-order valence-electron chi connectivity index (χ2n) is 3.94. The van der Waals surface area contributed by atoms with Crippen molar-refractivity contribution in [3.05, 3.63) is 29.3 Å². The van der Waals surface area contributed by atoms with Crippen LogP contribution in [0.4, 0.5) is 5.69 Å². The van der Waals surface area contributed by atoms with E-state index in [9.17, 15) is 0 Å². The van der Waals surface area contributed by atoms with Crippen LogP contribution in [0.3, 0.4) is 0 Å². The molecule has 2 rings (SSSR count). The third kappa shape index (κ3) is 1.58. The lowest BCUT2D eigenvalue weighted by atomic mass is 9.93. The van der Waals surface area contributed by atoms with Gasteiger partial charge in [0.05, 0.1) is 11.6 Å². The maximum atomic E-state index is 9.00. The van der Waals surface area contributed by atoms with Gasteiger partial charge in [0, 0.05) is 5.69 Å². The van der Waals surface area contributed by atoms with Crippen molar-refractivity contribution in [2.24, 2.45) is 0 Å². The summed E-state index contributed by atoms with van der Waals surface area (Å²) in [7, 11) is 0. The molecule has 14 heavy (non-hydrogen) atoms. The number of nitrogens with zero attached hydrogens (tertiary/aromatic N) is 1. The Balaban J connectivity index is 2.37. The molecule has 2 heteroatoms. The summed E-state index contributed by atoms with van der Waals surface area (Å²) >= 11 is 0. The van der Waals surface area contributed by atoms with Gasteiger partial charge in [0.25, 0.3) is 0 Å². The highest BCUT2D eigenvalue weighted by molar-refractivity contribution is 5.51. The molecule has 0 aliphatic heterocycles. The fourth-order valence-corrected chi connectivity index (χ4v) is 2.26. The average molecular weight is 186 g/mol. The smallest absolute Gasteiger partial charge is 0.0995 e. The van der Waals surface area contributed by atoms with Crippen molar-refractivity contribution in [3.8, 4) is 6.07 Å². The third-order valence-electron chi connectivity index (χ3n) is 2.99. The van der Waals surface area contributed by atoms with Crippen LogP contribution in [0.2, 0.25) is 0 Å². The van der Waals surface area contributed by atoms with E-state index in [2.05, 4.69) is 6.07 Å². The van der Waals surface area contributed by atoms with Crippen LogP contribution in [-0.2, 0) is 0 Å². The Labute approximate surface area is 84.3 Å². The molecule has 0 unspecified atom stereocenters. The highest BCUT2D eigenvalue weighted by atomic mass is 14.5. The molecule has 0 aromatic heterocycles. The molecule has 0 radical (unpaired) electrons. The molecule has 1 saturated carbocycles. The number of rotatable bonds is 1. The van der Waals surface area contributed by atoms with E-state index in [0.717, 1.165) is 5.56 Å². The topological polar surface area (TPSA) is 49.8 Å². The molecule has 2 N–H and O–H groups in total. The predicted octanol–water partition coefficient (Wildman–Crippen LogP) is 2.80. The maximum absolute atomic E-state index is 9.00. The molecule has 1 aromatic rings. The van der Waals surface area contributed by atoms with Crippen LogP contribution < -0.4 is 5.73 Å². The Bertz CT molecular complexity index is 370. The van der Waals surface area contributed by atoms with Gasteiger partial charge in [0.1, 0.15) is 0 Å². The van der Waals surface area contributed by atoms with Crippen LogP contribution in [0.25, 0.3) is 0 Å². The van der Waals surface area contributed by atoms with Crippen molar-refractivity contribution in [2.75, 3.05) is 5.73 Å². The lowest BCUT2D eigenvalue weighted by Gasteiger charge is -2.11. The molecular formula is C12H14N2. The minimum atomic E-state index is 0.588. The number of nitriles is 1. The fourth-order valence-electron chi connectivity index (χ4n) is 2.26. The second kappa shape index (κ2) is 3.71. The lowest BCUT2D eigenvalue weighted by molar-refractivity contribution is 0.721. The van der Waals surface area contributed by atoms with Crippen molar-refractivity contribution in [1.82, 2.24) is 0 Å². The third-order valence-corrected chi connectivity index (χ3v) is 2.99. The number of nitrogen functional groups attached to an aromatic ring is 1. The Kier molecular flexibility index (Phi) is 2.41. The fraction of sp³-hybridized carbons (Fsp3) is 0.417. The van der Waals surface area contributed by atoms with Gasteiger partial charge < -0.3 is 5.73 Å². The molecule has 0 bridgehead atoms. The van der Waals surface area contributed by atoms with Crippen molar-refractivity contribution in [3.63, 3.8) is 0 Å². The predicted molar refractivity (Wildman–Crippen MR) is 56.8 cm³/mol. The number of benzene rings is 1. The van der Waals surface area contributed by atoms with E-state index in [0.29, 0.717) is 11.6 Å². The minimum Gasteiger partial charge on any atom is -0.399 e. The first-order chi connectivity index (χ1) is 6.81. The Morgan fingerprint density at radius 1 is 1.29 bits per heavy atom. The van der Waals surface area contributed by atoms with Crippen molar-refractivity contribution in [2.45, 2.75) is 31.6 Å². The highest BCUT2D eigenvalue weighted by Crippen LogP contribution is 2.36. The molecule has 1 aliphatic carbocycles. The van der Waals surface area contributed by atoms with E-state index < -0.39 is 0 Å². The molecule has 1 aliphatic rings. The van der Waals surface area contributed by atoms with E-state index in [4.69, 9.17) is 11.0 Å². The summed E-state index contributed by atoms with van der Waals surface area (Å²) in [6, 6.07) is 7.93. The average Bonchev–Trinajstić information content (AvgIpc) is 2.70. The Hall–Kier alpha value is -1.49. The van der Waals surface area contributed by atoms with Crippen LogP contribution in [0.1, 0.15) is 42.7 Å². The van der Waals surface area contributed by atoms with E-state index in [1.54, 1.807) is 6.07 Å². The summed E-state index contributed by atoms with van der Waals surface area (Å²) < 4.78 is 0. The first-order valence-electron chi connectivity index (χ1n) is 5.11. The number of nitrogens with two attached hydrogens (primary N) is 1. The van der Waals surface area contributed by atoms with E-state index in [1.165, 1.54) is 31.2 Å². The zero-order valence-corrected chi connectivity index (χ0v) is 8.16. The number of hydrogen-bond donors (Lipinski definition) is 1. The van der Waals surface area contributed by atoms with Crippen molar-refractivity contribution >= 4 is 5.69 Å². The van der Waals surface area contributed by atoms with Gasteiger partial charge in [-0.05, 0) is 36.5 Å². The van der Waals surface area contributed by atoms with Gasteiger partial charge in [-0.1, -0.05) is 18.9 Å². The number of anilines is 1. The summed E-state index contributed by atoms with van der Waals surface area (Å²) in [6.45, 7) is 0. The van der Waals surface area contributed by atoms with E-state index >= 15 is 0 Å². The first kappa shape index (κ1) is 9.08. The van der Waals surface area contributed by atoms with Crippen molar-refractivity contribution < 1.29 is 0 Å². The molecule has 0 spiro atoms. The normalized spacial score (nSPS) is 16.8. The molecule has 2 nitrogen and oxygen atoms in total. The van der Waals surface area contributed by atoms with Gasteiger partial charge in [0.2, 0.25) is 0 Å². The highest BCUT2D eigenvalue weighted by Gasteiger charge is 2.19. The minimum absolute atomic E-state index is 0.588. The van der Waals surface area contributed by atoms with Crippen LogP contribution in [0, 0.1) is 11.3 Å². The lowest BCUT2D eigenvalue weighted by Crippen LogP contribution is -1.97. The van der Waals surface area contributed by atoms with E-state index in [1.807, 2.05) is 12.1 Å². The molecule has 0 amide bonds. The van der Waals surface area contributed by atoms with Crippen LogP contribution in [0.5, 0.6) is 0 Å². The zero-order chi connectivity index (χ0) is 9.97. The summed E-state index contributed by atoms with van der Waals surface area (Å²) in [6.07, 6.45) is 5.02. The summed E-state index contributed by atoms with van der Waals surface area (Å²) in [5, 5.41) is 9.00. The van der Waals surface area contributed by atoms with Gasteiger partial charge in [-0.25, -0.2) is 0 Å². The first-order valence-corrected chi connectivity index (χ1v) is 5.11. The standard InChI is InChI=1S/C12H14N2/c13-8-10-7-11(14)5-6-12(10)9-3-1-2-4-9/h5-7,9H,1-4,14H2. The van der Waals surface area contributed by atoms with Gasteiger partial charge in [-0.3, -0.25) is 0 Å². The maximum Gasteiger partial charge on any atom is 0.0995 e. The monoisotopic (exact) mass is 186 g/mol. The van der Waals surface area contributed by atoms with E-state index in [-0.39, 0.29) is 0 Å². The molecular weight excluding hydrogens is 172 g/mol. The molecule has 0 saturated heterocycles. The Morgan fingerprint density at radius 2 is 2.00 bits per heavy atom. The molecule has 1 fully saturated rings. The van der Waals surface area contributed by atoms with Crippen LogP contribution >= 0.6 is 0 Å². The van der Waals surface area contributed by atoms with Crippen LogP contribution in [-0.4, -0.2) is 0 Å². The van der Waals surface area contributed by atoms with Crippen LogP contribution in [0.15, 0.2) is 18.2 Å². The molecule has 1 aromatic carbocycles.